The van der Waals surface area contributed by atoms with Crippen LogP contribution in [0, 0.1) is 11.8 Å². The first-order valence-electron chi connectivity index (χ1n) is 22.0. The zero-order valence-corrected chi connectivity index (χ0v) is 37.1. The molecule has 0 saturated carbocycles. The third-order valence-corrected chi connectivity index (χ3v) is 11.5. The number of likely N-dealkylation sites (tertiary alicyclic amines) is 1. The smallest absolute Gasteiger partial charge is 0.410 e. The number of aryl methyl sites for hydroxylation is 1. The molecule has 0 bridgehead atoms. The molecule has 1 fully saturated rings. The number of unbranched alkanes of at least 4 members (excludes halogenated alkanes) is 1. The number of H-pyrrole nitrogens is 1. The minimum Gasteiger partial charge on any atom is -0.444 e. The fourth-order valence-electron chi connectivity index (χ4n) is 7.89. The van der Waals surface area contributed by atoms with E-state index < -0.39 is 77.7 Å². The molecule has 6 amide bonds. The van der Waals surface area contributed by atoms with Crippen molar-refractivity contribution in [3.05, 3.63) is 77.1 Å². The number of carbonyl (C=O) groups excluding carboxylic acids is 7. The van der Waals surface area contributed by atoms with Crippen molar-refractivity contribution in [1.82, 2.24) is 51.7 Å². The fraction of sp³-hybridized carbons (Fsp3) is 0.556. The summed E-state index contributed by atoms with van der Waals surface area (Å²) < 4.78 is 5.98. The van der Waals surface area contributed by atoms with Gasteiger partial charge in [0.2, 0.25) is 29.4 Å². The Hall–Kier alpha value is -6.20. The fourth-order valence-corrected chi connectivity index (χ4v) is 7.89. The van der Waals surface area contributed by atoms with Gasteiger partial charge in [-0.25, -0.2) is 4.79 Å². The number of fused-ring (bicyclic) bond motifs is 1. The second kappa shape index (κ2) is 22.8. The van der Waals surface area contributed by atoms with E-state index in [2.05, 4.69) is 41.9 Å². The topological polar surface area (TPSA) is 238 Å². The summed E-state index contributed by atoms with van der Waals surface area (Å²) in [6.45, 7) is 11.2. The summed E-state index contributed by atoms with van der Waals surface area (Å²) in [5.74, 6) is -4.18. The van der Waals surface area contributed by atoms with E-state index in [1.165, 1.54) is 4.90 Å². The van der Waals surface area contributed by atoms with E-state index in [1.807, 2.05) is 61.5 Å². The largest absolute Gasteiger partial charge is 0.444 e. The van der Waals surface area contributed by atoms with Crippen LogP contribution in [0.5, 0.6) is 0 Å². The molecule has 340 valence electrons. The molecule has 6 atom stereocenters. The molecule has 1 aromatic heterocycles. The molecule has 2 aliphatic heterocycles. The van der Waals surface area contributed by atoms with E-state index >= 15 is 0 Å². The summed E-state index contributed by atoms with van der Waals surface area (Å²) >= 11 is 0. The number of ether oxygens (including phenoxy) is 1. The van der Waals surface area contributed by atoms with Crippen LogP contribution in [0.4, 0.5) is 4.79 Å². The molecule has 0 radical (unpaired) electrons. The van der Waals surface area contributed by atoms with Gasteiger partial charge in [-0.05, 0) is 61.1 Å². The summed E-state index contributed by atoms with van der Waals surface area (Å²) in [4.78, 5) is 99.2. The van der Waals surface area contributed by atoms with E-state index in [9.17, 15) is 33.6 Å². The van der Waals surface area contributed by atoms with Crippen LogP contribution in [0.3, 0.4) is 0 Å². The molecule has 5 rings (SSSR count). The number of rotatable bonds is 20. The Balaban J connectivity index is 1.30. The predicted octanol–water partition coefficient (Wildman–Crippen LogP) is 3.09. The molecule has 0 spiro atoms. The van der Waals surface area contributed by atoms with Gasteiger partial charge in [-0.15, -0.1) is 10.2 Å². The lowest BCUT2D eigenvalue weighted by Crippen LogP contribution is -2.59. The maximum atomic E-state index is 14.6. The predicted molar refractivity (Wildman–Crippen MR) is 231 cm³/mol. The van der Waals surface area contributed by atoms with Crippen molar-refractivity contribution in [2.75, 3.05) is 13.1 Å². The Kier molecular flexibility index (Phi) is 17.3. The van der Waals surface area contributed by atoms with Crippen LogP contribution in [0.1, 0.15) is 109 Å². The number of ketones is 1. The van der Waals surface area contributed by atoms with Crippen molar-refractivity contribution >= 4 is 41.4 Å². The highest BCUT2D eigenvalue weighted by Crippen LogP contribution is 2.26. The van der Waals surface area contributed by atoms with Gasteiger partial charge >= 0.3 is 6.09 Å². The van der Waals surface area contributed by atoms with E-state index in [0.29, 0.717) is 51.0 Å². The van der Waals surface area contributed by atoms with Crippen LogP contribution < -0.4 is 21.3 Å². The molecule has 2 aliphatic rings. The molecule has 2 unspecified atom stereocenters. The Morgan fingerprint density at radius 1 is 0.841 bits per heavy atom. The second-order valence-electron chi connectivity index (χ2n) is 17.1. The van der Waals surface area contributed by atoms with Crippen LogP contribution in [-0.4, -0.2) is 115 Å². The van der Waals surface area contributed by atoms with Crippen molar-refractivity contribution in [2.45, 2.75) is 136 Å². The number of benzene rings is 2. The number of tetrazole rings is 1. The van der Waals surface area contributed by atoms with Gasteiger partial charge in [0.05, 0.1) is 18.6 Å². The van der Waals surface area contributed by atoms with Crippen molar-refractivity contribution in [2.24, 2.45) is 11.8 Å². The average Bonchev–Trinajstić information content (AvgIpc) is 3.96. The lowest BCUT2D eigenvalue weighted by molar-refractivity contribution is -0.144. The standard InChI is InChI=1S/C45H62N10O8/c1-7-15-34(40(57)43(60)46-29(6)30-16-9-8-10-17-30)47-41(58)35-24-33(63-45(62)54-23-22-31-18-11-12-19-32(31)25-54)26-55(35)44(61)39(28(4)5)49-42(59)38(27(2)3)48-37(56)21-14-13-20-36-50-52-53-51-36/h8-12,16-19,27-29,33-35,38-39H,7,13-15,20-26H2,1-6H3,(H,46,60)(H,47,58)(H,48,56)(H,49,59)(H,50,51,52,53)/t29-,33+,34?,35?,38+,39-/m0/s1. The summed E-state index contributed by atoms with van der Waals surface area (Å²) in [7, 11) is 0. The first kappa shape index (κ1) is 47.8. The number of carbonyl (C=O) groups is 7. The quantitative estimate of drug-likeness (QED) is 0.0817. The molecule has 18 heteroatoms. The molecule has 63 heavy (non-hydrogen) atoms. The minimum atomic E-state index is -1.22. The summed E-state index contributed by atoms with van der Waals surface area (Å²) in [6, 6.07) is 12.0. The minimum absolute atomic E-state index is 0.0891. The van der Waals surface area contributed by atoms with Gasteiger partial charge in [-0.3, -0.25) is 28.8 Å². The zero-order valence-electron chi connectivity index (χ0n) is 37.1. The molecule has 1 saturated heterocycles. The highest BCUT2D eigenvalue weighted by molar-refractivity contribution is 6.38. The van der Waals surface area contributed by atoms with Crippen LogP contribution >= 0.6 is 0 Å². The Morgan fingerprint density at radius 3 is 2.21 bits per heavy atom. The zero-order chi connectivity index (χ0) is 45.6. The maximum Gasteiger partial charge on any atom is 0.410 e. The van der Waals surface area contributed by atoms with Crippen LogP contribution in [0.2, 0.25) is 0 Å². The Bertz CT molecular complexity index is 2050. The number of nitrogens with one attached hydrogen (secondary N) is 5. The molecule has 3 aromatic rings. The second-order valence-corrected chi connectivity index (χ2v) is 17.1. The number of aromatic amines is 1. The van der Waals surface area contributed by atoms with E-state index in [-0.39, 0.29) is 37.6 Å². The van der Waals surface area contributed by atoms with Crippen LogP contribution in [-0.2, 0) is 52.9 Å². The van der Waals surface area contributed by atoms with E-state index in [4.69, 9.17) is 4.74 Å². The molecule has 0 aliphatic carbocycles. The number of amides is 6. The number of hydrogen-bond acceptors (Lipinski definition) is 11. The van der Waals surface area contributed by atoms with Gasteiger partial charge in [0, 0.05) is 32.4 Å². The van der Waals surface area contributed by atoms with Crippen molar-refractivity contribution in [1.29, 1.82) is 0 Å². The van der Waals surface area contributed by atoms with Crippen molar-refractivity contribution < 1.29 is 38.3 Å². The van der Waals surface area contributed by atoms with Gasteiger partial charge in [0.25, 0.3) is 5.91 Å². The van der Waals surface area contributed by atoms with Gasteiger partial charge in [-0.1, -0.05) is 101 Å². The van der Waals surface area contributed by atoms with Crippen LogP contribution in [0.25, 0.3) is 0 Å². The molecule has 3 heterocycles. The monoisotopic (exact) mass is 870 g/mol. The SMILES string of the molecule is CCCC(NC(=O)C1C[C@@H](OC(=O)N2CCc3ccccc3C2)CN1C(=O)[C@@H](NC(=O)[C@H](NC(=O)CCCCc1nn[nH]n1)C(C)C)C(C)C)C(=O)C(=O)N[C@@H](C)c1ccccc1. The normalized spacial score (nSPS) is 17.8. The number of Topliss-reactive ketones (excluding diaryl/α,β-unsaturated/α-hetero) is 1. The highest BCUT2D eigenvalue weighted by Gasteiger charge is 2.46. The first-order chi connectivity index (χ1) is 30.2. The van der Waals surface area contributed by atoms with Crippen molar-refractivity contribution in [3.63, 3.8) is 0 Å². The van der Waals surface area contributed by atoms with Gasteiger partial charge in [0.1, 0.15) is 24.2 Å². The summed E-state index contributed by atoms with van der Waals surface area (Å²) in [6.07, 6.45) is 1.52. The maximum absolute atomic E-state index is 14.6. The number of hydrogen-bond donors (Lipinski definition) is 5. The lowest BCUT2D eigenvalue weighted by Gasteiger charge is -2.32. The first-order valence-corrected chi connectivity index (χ1v) is 22.0. The Labute approximate surface area is 368 Å². The lowest BCUT2D eigenvalue weighted by atomic mass is 9.98. The highest BCUT2D eigenvalue weighted by atomic mass is 16.6. The van der Waals surface area contributed by atoms with E-state index in [1.54, 1.807) is 39.5 Å². The third-order valence-electron chi connectivity index (χ3n) is 11.5. The third kappa shape index (κ3) is 13.2. The number of nitrogens with zero attached hydrogens (tertiary/aromatic N) is 5. The summed E-state index contributed by atoms with van der Waals surface area (Å²) in [5, 5.41) is 24.9. The Morgan fingerprint density at radius 2 is 1.54 bits per heavy atom. The van der Waals surface area contributed by atoms with Crippen molar-refractivity contribution in [3.8, 4) is 0 Å². The molecular weight excluding hydrogens is 809 g/mol. The molecule has 18 nitrogen and oxygen atoms in total. The molecule has 5 N–H and O–H groups in total. The number of aromatic nitrogens is 4. The average molecular weight is 871 g/mol. The van der Waals surface area contributed by atoms with Crippen LogP contribution in [0.15, 0.2) is 54.6 Å². The van der Waals surface area contributed by atoms with Gasteiger partial charge < -0.3 is 35.8 Å². The summed E-state index contributed by atoms with van der Waals surface area (Å²) in [5.41, 5.74) is 2.95. The van der Waals surface area contributed by atoms with E-state index in [0.717, 1.165) is 16.7 Å². The van der Waals surface area contributed by atoms with Gasteiger partial charge in [0.15, 0.2) is 5.82 Å². The van der Waals surface area contributed by atoms with Gasteiger partial charge in [-0.2, -0.15) is 5.21 Å². The molecular formula is C45H62N10O8. The molecule has 2 aromatic carbocycles.